The Balaban J connectivity index is 3.00. The molecule has 0 aliphatic carbocycles. The number of nitrogens with zero attached hydrogens (tertiary/aromatic N) is 1. The molecule has 3 heteroatoms. The third kappa shape index (κ3) is 2.93. The minimum absolute atomic E-state index is 0.0518. The summed E-state index contributed by atoms with van der Waals surface area (Å²) in [4.78, 5) is 12.1. The van der Waals surface area contributed by atoms with E-state index in [0.29, 0.717) is 12.0 Å². The number of aryl methyl sites for hydroxylation is 1. The summed E-state index contributed by atoms with van der Waals surface area (Å²) >= 11 is 3.39. The molecule has 0 amide bonds. The summed E-state index contributed by atoms with van der Waals surface area (Å²) in [5, 5.41) is 8.66. The molecule has 2 nitrogen and oxygen atoms in total. The maximum Gasteiger partial charge on any atom is 0.168 e. The Morgan fingerprint density at radius 2 is 2.25 bits per heavy atom. The Kier molecular flexibility index (Phi) is 4.70. The van der Waals surface area contributed by atoms with Gasteiger partial charge in [-0.1, -0.05) is 28.9 Å². The number of benzene rings is 1. The highest BCUT2D eigenvalue weighted by molar-refractivity contribution is 9.10. The van der Waals surface area contributed by atoms with E-state index in [1.165, 1.54) is 0 Å². The van der Waals surface area contributed by atoms with E-state index in [1.807, 2.05) is 32.0 Å². The summed E-state index contributed by atoms with van der Waals surface area (Å²) < 4.78 is 0.814. The fourth-order valence-electron chi connectivity index (χ4n) is 1.57. The van der Waals surface area contributed by atoms with Gasteiger partial charge in [0.05, 0.1) is 6.07 Å². The molecule has 0 saturated carbocycles. The molecule has 16 heavy (non-hydrogen) atoms. The maximum atomic E-state index is 12.1. The Hall–Kier alpha value is -1.14. The van der Waals surface area contributed by atoms with Gasteiger partial charge in [-0.05, 0) is 31.0 Å². The molecule has 0 aliphatic heterocycles. The standard InChI is InChI=1S/C13H14BrNO/c1-3-10(6-7-15)13(16)11-5-4-9(2)8-12(11)14/h4-5,8,10H,3,6H2,1-2H3. The van der Waals surface area contributed by atoms with Gasteiger partial charge in [-0.15, -0.1) is 0 Å². The number of ketones is 1. The first-order valence-electron chi connectivity index (χ1n) is 5.27. The van der Waals surface area contributed by atoms with Gasteiger partial charge in [0.25, 0.3) is 0 Å². The number of hydrogen-bond acceptors (Lipinski definition) is 2. The summed E-state index contributed by atoms with van der Waals surface area (Å²) in [7, 11) is 0. The van der Waals surface area contributed by atoms with Crippen LogP contribution in [0.5, 0.6) is 0 Å². The fraction of sp³-hybridized carbons (Fsp3) is 0.385. The monoisotopic (exact) mass is 279 g/mol. The molecular formula is C13H14BrNO. The molecule has 0 aliphatic rings. The fourth-order valence-corrected chi connectivity index (χ4v) is 2.26. The Labute approximate surface area is 104 Å². The lowest BCUT2D eigenvalue weighted by Gasteiger charge is -2.11. The van der Waals surface area contributed by atoms with E-state index in [2.05, 4.69) is 22.0 Å². The van der Waals surface area contributed by atoms with Crippen molar-refractivity contribution in [1.82, 2.24) is 0 Å². The van der Waals surface area contributed by atoms with Crippen molar-refractivity contribution in [3.8, 4) is 6.07 Å². The number of Topliss-reactive ketones (excluding diaryl/α,β-unsaturated/α-hetero) is 1. The van der Waals surface area contributed by atoms with Gasteiger partial charge in [-0.3, -0.25) is 4.79 Å². The number of nitriles is 1. The minimum atomic E-state index is -0.191. The molecule has 0 spiro atoms. The number of rotatable bonds is 4. The van der Waals surface area contributed by atoms with E-state index in [1.54, 1.807) is 0 Å². The van der Waals surface area contributed by atoms with Crippen LogP contribution in [0.1, 0.15) is 35.7 Å². The second-order valence-corrected chi connectivity index (χ2v) is 4.67. The van der Waals surface area contributed by atoms with Gasteiger partial charge in [-0.25, -0.2) is 0 Å². The largest absolute Gasteiger partial charge is 0.294 e. The van der Waals surface area contributed by atoms with Gasteiger partial charge in [0, 0.05) is 22.4 Å². The molecule has 1 unspecified atom stereocenters. The van der Waals surface area contributed by atoms with E-state index in [0.717, 1.165) is 10.0 Å². The van der Waals surface area contributed by atoms with Crippen LogP contribution in [-0.2, 0) is 0 Å². The SMILES string of the molecule is CCC(CC#N)C(=O)c1ccc(C)cc1Br. The van der Waals surface area contributed by atoms with Crippen molar-refractivity contribution in [2.75, 3.05) is 0 Å². The van der Waals surface area contributed by atoms with Crippen molar-refractivity contribution in [2.24, 2.45) is 5.92 Å². The predicted octanol–water partition coefficient (Wildman–Crippen LogP) is 3.88. The van der Waals surface area contributed by atoms with Crippen LogP contribution < -0.4 is 0 Å². The average molecular weight is 280 g/mol. The summed E-state index contributed by atoms with van der Waals surface area (Å²) in [5.74, 6) is -0.139. The van der Waals surface area contributed by atoms with Gasteiger partial charge < -0.3 is 0 Å². The number of carbonyl (C=O) groups excluding carboxylic acids is 1. The van der Waals surface area contributed by atoms with Crippen molar-refractivity contribution in [1.29, 1.82) is 5.26 Å². The molecule has 0 heterocycles. The van der Waals surface area contributed by atoms with Crippen LogP contribution in [0.25, 0.3) is 0 Å². The molecule has 1 aromatic rings. The first kappa shape index (κ1) is 12.9. The molecule has 0 fully saturated rings. The van der Waals surface area contributed by atoms with Crippen LogP contribution in [0.4, 0.5) is 0 Å². The van der Waals surface area contributed by atoms with Crippen molar-refractivity contribution in [2.45, 2.75) is 26.7 Å². The van der Waals surface area contributed by atoms with E-state index in [4.69, 9.17) is 5.26 Å². The lowest BCUT2D eigenvalue weighted by atomic mass is 9.92. The zero-order valence-corrected chi connectivity index (χ0v) is 11.0. The average Bonchev–Trinajstić information content (AvgIpc) is 2.25. The highest BCUT2D eigenvalue weighted by atomic mass is 79.9. The van der Waals surface area contributed by atoms with Crippen LogP contribution in [-0.4, -0.2) is 5.78 Å². The summed E-state index contributed by atoms with van der Waals surface area (Å²) in [6, 6.07) is 7.72. The van der Waals surface area contributed by atoms with Crippen molar-refractivity contribution in [3.05, 3.63) is 33.8 Å². The van der Waals surface area contributed by atoms with Crippen LogP contribution >= 0.6 is 15.9 Å². The van der Waals surface area contributed by atoms with Crippen molar-refractivity contribution < 1.29 is 4.79 Å². The highest BCUT2D eigenvalue weighted by Gasteiger charge is 2.19. The number of carbonyl (C=O) groups is 1. The molecule has 0 aromatic heterocycles. The third-order valence-corrected chi connectivity index (χ3v) is 3.25. The Morgan fingerprint density at radius 1 is 1.56 bits per heavy atom. The molecule has 1 atom stereocenters. The first-order valence-corrected chi connectivity index (χ1v) is 6.06. The van der Waals surface area contributed by atoms with Gasteiger partial charge >= 0.3 is 0 Å². The molecule has 1 rings (SSSR count). The third-order valence-electron chi connectivity index (χ3n) is 2.59. The maximum absolute atomic E-state index is 12.1. The predicted molar refractivity (Wildman–Crippen MR) is 67.2 cm³/mol. The van der Waals surface area contributed by atoms with Crippen molar-refractivity contribution >= 4 is 21.7 Å². The van der Waals surface area contributed by atoms with Crippen LogP contribution in [0.3, 0.4) is 0 Å². The molecule has 0 saturated heterocycles. The Morgan fingerprint density at radius 3 is 2.75 bits per heavy atom. The second kappa shape index (κ2) is 5.81. The van der Waals surface area contributed by atoms with E-state index in [-0.39, 0.29) is 18.1 Å². The minimum Gasteiger partial charge on any atom is -0.294 e. The number of halogens is 1. The van der Waals surface area contributed by atoms with Gasteiger partial charge in [0.15, 0.2) is 5.78 Å². The van der Waals surface area contributed by atoms with Gasteiger partial charge in [0.2, 0.25) is 0 Å². The molecular weight excluding hydrogens is 266 g/mol. The van der Waals surface area contributed by atoms with E-state index in [9.17, 15) is 4.79 Å². The molecule has 0 bridgehead atoms. The van der Waals surface area contributed by atoms with Gasteiger partial charge in [0.1, 0.15) is 0 Å². The van der Waals surface area contributed by atoms with Gasteiger partial charge in [-0.2, -0.15) is 5.26 Å². The smallest absolute Gasteiger partial charge is 0.168 e. The summed E-state index contributed by atoms with van der Waals surface area (Å²) in [6.07, 6.45) is 0.988. The van der Waals surface area contributed by atoms with E-state index < -0.39 is 0 Å². The van der Waals surface area contributed by atoms with Crippen LogP contribution in [0.15, 0.2) is 22.7 Å². The normalized spacial score (nSPS) is 11.9. The zero-order chi connectivity index (χ0) is 12.1. The number of hydrogen-bond donors (Lipinski definition) is 0. The first-order chi connectivity index (χ1) is 7.60. The Bertz CT molecular complexity index is 434. The van der Waals surface area contributed by atoms with Crippen LogP contribution in [0, 0.1) is 24.2 Å². The van der Waals surface area contributed by atoms with Crippen LogP contribution in [0.2, 0.25) is 0 Å². The lowest BCUT2D eigenvalue weighted by molar-refractivity contribution is 0.0918. The highest BCUT2D eigenvalue weighted by Crippen LogP contribution is 2.23. The van der Waals surface area contributed by atoms with Crippen molar-refractivity contribution in [3.63, 3.8) is 0 Å². The molecule has 0 radical (unpaired) electrons. The summed E-state index contributed by atoms with van der Waals surface area (Å²) in [6.45, 7) is 3.91. The topological polar surface area (TPSA) is 40.9 Å². The lowest BCUT2D eigenvalue weighted by Crippen LogP contribution is -2.14. The molecule has 0 N–H and O–H groups in total. The summed E-state index contributed by atoms with van der Waals surface area (Å²) in [5.41, 5.74) is 1.78. The zero-order valence-electron chi connectivity index (χ0n) is 9.46. The molecule has 1 aromatic carbocycles. The molecule has 84 valence electrons. The van der Waals surface area contributed by atoms with E-state index >= 15 is 0 Å². The quantitative estimate of drug-likeness (QED) is 0.785. The second-order valence-electron chi connectivity index (χ2n) is 3.81.